The van der Waals surface area contributed by atoms with Crippen molar-refractivity contribution in [2.45, 2.75) is 6.54 Å². The van der Waals surface area contributed by atoms with Gasteiger partial charge in [-0.25, -0.2) is 15.3 Å². The summed E-state index contributed by atoms with van der Waals surface area (Å²) in [6.07, 6.45) is 1.65. The van der Waals surface area contributed by atoms with Gasteiger partial charge < -0.3 is 10.2 Å². The number of piperazine rings is 1. The van der Waals surface area contributed by atoms with Crippen molar-refractivity contribution < 1.29 is 14.8 Å². The van der Waals surface area contributed by atoms with E-state index in [1.54, 1.807) is 57.9 Å². The zero-order valence-corrected chi connectivity index (χ0v) is 14.3. The molecule has 2 aromatic rings. The van der Waals surface area contributed by atoms with Crippen LogP contribution >= 0.6 is 0 Å². The van der Waals surface area contributed by atoms with E-state index in [2.05, 4.69) is 10.3 Å². The zero-order valence-electron chi connectivity index (χ0n) is 14.3. The summed E-state index contributed by atoms with van der Waals surface area (Å²) in [5.41, 5.74) is 2.80. The predicted molar refractivity (Wildman–Crippen MR) is 96.0 cm³/mol. The second-order valence-corrected chi connectivity index (χ2v) is 5.93. The number of benzene rings is 1. The van der Waals surface area contributed by atoms with Crippen LogP contribution in [-0.4, -0.2) is 53.2 Å². The van der Waals surface area contributed by atoms with Gasteiger partial charge in [0.1, 0.15) is 5.82 Å². The Kier molecular flexibility index (Phi) is 5.77. The summed E-state index contributed by atoms with van der Waals surface area (Å²) in [5, 5.41) is 11.9. The molecule has 0 radical (unpaired) electrons. The second kappa shape index (κ2) is 8.41. The summed E-state index contributed by atoms with van der Waals surface area (Å²) in [4.78, 5) is 32.2. The minimum absolute atomic E-state index is 0.0950. The molecule has 8 heteroatoms. The SMILES string of the molecule is O=C(NO)c1ccc(CN(C(=O)N2CCNCC2)c2ccccn2)cc1. The number of urea groups is 1. The number of carbonyl (C=O) groups is 2. The molecule has 0 saturated carbocycles. The highest BCUT2D eigenvalue weighted by Gasteiger charge is 2.24. The van der Waals surface area contributed by atoms with E-state index in [1.807, 2.05) is 6.07 Å². The summed E-state index contributed by atoms with van der Waals surface area (Å²) in [6.45, 7) is 3.18. The standard InChI is InChI=1S/C18H21N5O3/c24-17(21-26)15-6-4-14(5-7-15)13-23(16-3-1-2-8-20-16)18(25)22-11-9-19-10-12-22/h1-8,19,26H,9-13H2,(H,21,24). The van der Waals surface area contributed by atoms with Crippen molar-refractivity contribution >= 4 is 17.8 Å². The molecular formula is C18H21N5O3. The average molecular weight is 355 g/mol. The first kappa shape index (κ1) is 17.8. The molecule has 8 nitrogen and oxygen atoms in total. The Morgan fingerprint density at radius 1 is 1.15 bits per heavy atom. The molecule has 1 aliphatic rings. The van der Waals surface area contributed by atoms with E-state index in [1.165, 1.54) is 0 Å². The Morgan fingerprint density at radius 2 is 1.88 bits per heavy atom. The lowest BCUT2D eigenvalue weighted by Crippen LogP contribution is -2.51. The van der Waals surface area contributed by atoms with Crippen LogP contribution in [0.15, 0.2) is 48.7 Å². The van der Waals surface area contributed by atoms with Crippen LogP contribution in [0.4, 0.5) is 10.6 Å². The van der Waals surface area contributed by atoms with Gasteiger partial charge in [-0.15, -0.1) is 0 Å². The third-order valence-electron chi connectivity index (χ3n) is 4.20. The van der Waals surface area contributed by atoms with Crippen LogP contribution in [0.2, 0.25) is 0 Å². The highest BCUT2D eigenvalue weighted by molar-refractivity contribution is 5.93. The third-order valence-corrected chi connectivity index (χ3v) is 4.20. The first-order valence-electron chi connectivity index (χ1n) is 8.40. The summed E-state index contributed by atoms with van der Waals surface area (Å²) in [6, 6.07) is 12.1. The van der Waals surface area contributed by atoms with Crippen molar-refractivity contribution in [3.63, 3.8) is 0 Å². The molecule has 0 bridgehead atoms. The average Bonchev–Trinajstić information content (AvgIpc) is 2.72. The smallest absolute Gasteiger partial charge is 0.322 e. The number of hydrogen-bond acceptors (Lipinski definition) is 5. The van der Waals surface area contributed by atoms with E-state index in [4.69, 9.17) is 5.21 Å². The number of aromatic nitrogens is 1. The topological polar surface area (TPSA) is 97.8 Å². The fraction of sp³-hybridized carbons (Fsp3) is 0.278. The molecule has 0 unspecified atom stereocenters. The van der Waals surface area contributed by atoms with Crippen LogP contribution in [0.25, 0.3) is 0 Å². The molecule has 0 atom stereocenters. The van der Waals surface area contributed by atoms with Gasteiger partial charge in [0.25, 0.3) is 5.91 Å². The maximum atomic E-state index is 13.0. The Hall–Kier alpha value is -2.97. The van der Waals surface area contributed by atoms with Crippen molar-refractivity contribution in [2.75, 3.05) is 31.1 Å². The van der Waals surface area contributed by atoms with Gasteiger partial charge in [-0.3, -0.25) is 14.9 Å². The van der Waals surface area contributed by atoms with Gasteiger partial charge in [-0.2, -0.15) is 0 Å². The Balaban J connectivity index is 1.81. The molecule has 3 N–H and O–H groups in total. The first-order valence-corrected chi connectivity index (χ1v) is 8.40. The molecule has 0 aliphatic carbocycles. The Bertz CT molecular complexity index is 745. The van der Waals surface area contributed by atoms with E-state index < -0.39 is 5.91 Å². The minimum atomic E-state index is -0.574. The molecule has 1 saturated heterocycles. The lowest BCUT2D eigenvalue weighted by molar-refractivity contribution is 0.0706. The van der Waals surface area contributed by atoms with Gasteiger partial charge >= 0.3 is 6.03 Å². The highest BCUT2D eigenvalue weighted by Crippen LogP contribution is 2.17. The van der Waals surface area contributed by atoms with Gasteiger partial charge in [-0.1, -0.05) is 18.2 Å². The van der Waals surface area contributed by atoms with Crippen molar-refractivity contribution in [2.24, 2.45) is 0 Å². The molecule has 0 spiro atoms. The maximum absolute atomic E-state index is 13.0. The van der Waals surface area contributed by atoms with E-state index in [9.17, 15) is 9.59 Å². The van der Waals surface area contributed by atoms with E-state index in [0.29, 0.717) is 31.0 Å². The Labute approximate surface area is 151 Å². The number of pyridine rings is 1. The first-order chi connectivity index (χ1) is 12.7. The molecule has 1 aromatic heterocycles. The fourth-order valence-corrected chi connectivity index (χ4v) is 2.80. The lowest BCUT2D eigenvalue weighted by Gasteiger charge is -2.33. The largest absolute Gasteiger partial charge is 0.326 e. The fourth-order valence-electron chi connectivity index (χ4n) is 2.80. The number of nitrogens with zero attached hydrogens (tertiary/aromatic N) is 3. The second-order valence-electron chi connectivity index (χ2n) is 5.93. The summed E-state index contributed by atoms with van der Waals surface area (Å²) < 4.78 is 0. The third kappa shape index (κ3) is 4.16. The number of rotatable bonds is 4. The number of hydrogen-bond donors (Lipinski definition) is 3. The van der Waals surface area contributed by atoms with E-state index in [0.717, 1.165) is 18.7 Å². The van der Waals surface area contributed by atoms with E-state index >= 15 is 0 Å². The van der Waals surface area contributed by atoms with Gasteiger partial charge in [0.05, 0.1) is 6.54 Å². The minimum Gasteiger partial charge on any atom is -0.322 e. The molecule has 2 heterocycles. The Morgan fingerprint density at radius 3 is 2.50 bits per heavy atom. The summed E-state index contributed by atoms with van der Waals surface area (Å²) >= 11 is 0. The van der Waals surface area contributed by atoms with E-state index in [-0.39, 0.29) is 6.03 Å². The molecule has 136 valence electrons. The van der Waals surface area contributed by atoms with Crippen molar-refractivity contribution in [1.29, 1.82) is 0 Å². The number of hydroxylamine groups is 1. The molecule has 3 amide bonds. The molecule has 1 aromatic carbocycles. The number of amides is 3. The van der Waals surface area contributed by atoms with Crippen LogP contribution in [0, 0.1) is 0 Å². The molecule has 1 aliphatic heterocycles. The molecule has 1 fully saturated rings. The number of nitrogens with one attached hydrogen (secondary N) is 2. The molecular weight excluding hydrogens is 334 g/mol. The van der Waals surface area contributed by atoms with Crippen LogP contribution in [-0.2, 0) is 6.54 Å². The summed E-state index contributed by atoms with van der Waals surface area (Å²) in [7, 11) is 0. The van der Waals surface area contributed by atoms with Crippen LogP contribution in [0.1, 0.15) is 15.9 Å². The van der Waals surface area contributed by atoms with Gasteiger partial charge in [-0.05, 0) is 29.8 Å². The van der Waals surface area contributed by atoms with Gasteiger partial charge in [0.15, 0.2) is 0 Å². The van der Waals surface area contributed by atoms with Crippen molar-refractivity contribution in [1.82, 2.24) is 20.7 Å². The normalized spacial score (nSPS) is 14.0. The van der Waals surface area contributed by atoms with Crippen molar-refractivity contribution in [3.8, 4) is 0 Å². The quantitative estimate of drug-likeness (QED) is 0.566. The molecule has 26 heavy (non-hydrogen) atoms. The predicted octanol–water partition coefficient (Wildman–Crippen LogP) is 1.23. The van der Waals surface area contributed by atoms with Crippen molar-refractivity contribution in [3.05, 3.63) is 59.8 Å². The molecule has 3 rings (SSSR count). The lowest BCUT2D eigenvalue weighted by atomic mass is 10.1. The van der Waals surface area contributed by atoms with Gasteiger partial charge in [0, 0.05) is 37.9 Å². The van der Waals surface area contributed by atoms with Gasteiger partial charge in [0.2, 0.25) is 0 Å². The number of carbonyl (C=O) groups excluding carboxylic acids is 2. The van der Waals surface area contributed by atoms with Crippen LogP contribution in [0.5, 0.6) is 0 Å². The number of anilines is 1. The zero-order chi connectivity index (χ0) is 18.4. The maximum Gasteiger partial charge on any atom is 0.326 e. The summed E-state index contributed by atoms with van der Waals surface area (Å²) in [5.74, 6) is 0.00300. The monoisotopic (exact) mass is 355 g/mol. The van der Waals surface area contributed by atoms with Crippen LogP contribution < -0.4 is 15.7 Å². The van der Waals surface area contributed by atoms with Crippen LogP contribution in [0.3, 0.4) is 0 Å². The highest BCUT2D eigenvalue weighted by atomic mass is 16.5.